The molecule has 39 heavy (non-hydrogen) atoms. The van der Waals surface area contributed by atoms with Crippen LogP contribution < -0.4 is 11.1 Å². The van der Waals surface area contributed by atoms with E-state index in [-0.39, 0.29) is 30.0 Å². The Kier molecular flexibility index (Phi) is 8.71. The fourth-order valence-electron chi connectivity index (χ4n) is 6.39. The zero-order chi connectivity index (χ0) is 27.6. The molecule has 3 fully saturated rings. The van der Waals surface area contributed by atoms with Crippen molar-refractivity contribution in [3.63, 3.8) is 0 Å². The van der Waals surface area contributed by atoms with E-state index in [1.807, 2.05) is 12.1 Å². The zero-order valence-electron chi connectivity index (χ0n) is 22.0. The first kappa shape index (κ1) is 28.6. The van der Waals surface area contributed by atoms with Crippen LogP contribution in [0.5, 0.6) is 0 Å². The van der Waals surface area contributed by atoms with Crippen LogP contribution in [-0.2, 0) is 37.8 Å². The number of Topliss-reactive ketones (excluding diaryl/α,β-unsaturated/α-hetero) is 1. The van der Waals surface area contributed by atoms with E-state index in [9.17, 15) is 13.2 Å². The number of fused-ring (bicyclic) bond motifs is 2. The number of rotatable bonds is 8. The van der Waals surface area contributed by atoms with Crippen molar-refractivity contribution in [2.24, 2.45) is 5.73 Å². The molecule has 1 aromatic carbocycles. The number of halogens is 2. The summed E-state index contributed by atoms with van der Waals surface area (Å²) in [6.45, 7) is 1.96. The largest absolute Gasteiger partial charge is 0.381 e. The third-order valence-corrected chi connectivity index (χ3v) is 10.9. The highest BCUT2D eigenvalue weighted by Crippen LogP contribution is 2.38. The van der Waals surface area contributed by atoms with Crippen molar-refractivity contribution >= 4 is 27.4 Å². The Bertz CT molecular complexity index is 1290. The van der Waals surface area contributed by atoms with Gasteiger partial charge in [0.25, 0.3) is 0 Å². The smallest absolute Gasteiger partial charge is 0.214 e. The van der Waals surface area contributed by atoms with Crippen LogP contribution >= 0.6 is 11.6 Å². The molecule has 2 aromatic rings. The van der Waals surface area contributed by atoms with Crippen molar-refractivity contribution in [2.75, 3.05) is 32.1 Å². The van der Waals surface area contributed by atoms with Crippen molar-refractivity contribution < 1.29 is 22.3 Å². The van der Waals surface area contributed by atoms with E-state index < -0.39 is 27.3 Å². The van der Waals surface area contributed by atoms with Crippen molar-refractivity contribution in [1.29, 1.82) is 0 Å². The average molecular weight is 579 g/mol. The number of nitrogens with one attached hydrogen (secondary N) is 1. The molecule has 8 nitrogen and oxygen atoms in total. The second kappa shape index (κ2) is 11.9. The number of aromatic nitrogens is 1. The summed E-state index contributed by atoms with van der Waals surface area (Å²) < 4.78 is 48.0. The number of nitrogens with zero attached hydrogens (tertiary/aromatic N) is 2. The minimum absolute atomic E-state index is 0.0511. The molecule has 212 valence electrons. The van der Waals surface area contributed by atoms with Crippen LogP contribution in [0.3, 0.4) is 0 Å². The number of pyridine rings is 1. The second-order valence-corrected chi connectivity index (χ2v) is 13.5. The summed E-state index contributed by atoms with van der Waals surface area (Å²) in [5.74, 6) is -0.547. The van der Waals surface area contributed by atoms with Crippen LogP contribution in [0.25, 0.3) is 0 Å². The zero-order valence-corrected chi connectivity index (χ0v) is 23.5. The van der Waals surface area contributed by atoms with Crippen LogP contribution in [0, 0.1) is 5.82 Å². The number of nitrogens with two attached hydrogens (primary N) is 1. The third-order valence-electron chi connectivity index (χ3n) is 8.69. The van der Waals surface area contributed by atoms with Crippen LogP contribution in [-0.4, -0.2) is 73.7 Å². The highest BCUT2D eigenvalue weighted by molar-refractivity contribution is 7.89. The average Bonchev–Trinajstić information content (AvgIpc) is 3.04. The maximum atomic E-state index is 15.1. The Hall–Kier alpha value is -1.95. The minimum Gasteiger partial charge on any atom is -0.381 e. The molecule has 1 unspecified atom stereocenters. The van der Waals surface area contributed by atoms with Gasteiger partial charge in [0.2, 0.25) is 10.0 Å². The van der Waals surface area contributed by atoms with Gasteiger partial charge in [0, 0.05) is 61.4 Å². The minimum atomic E-state index is -3.35. The van der Waals surface area contributed by atoms with Gasteiger partial charge in [-0.2, -0.15) is 4.31 Å². The lowest BCUT2D eigenvalue weighted by molar-refractivity contribution is -0.122. The SMILES string of the molecule is N[C@H](C(=O)Cc1cncc(F)c1CC[C@H]1CN[C@@H]2CCCS(=O)(=O)N1C2)C1(c2ccc(Cl)cc2)CCOCC1. The van der Waals surface area contributed by atoms with Gasteiger partial charge >= 0.3 is 0 Å². The van der Waals surface area contributed by atoms with E-state index in [0.29, 0.717) is 74.6 Å². The Morgan fingerprint density at radius 2 is 2.00 bits per heavy atom. The summed E-state index contributed by atoms with van der Waals surface area (Å²) in [5, 5.41) is 4.05. The van der Waals surface area contributed by atoms with Crippen molar-refractivity contribution in [3.05, 3.63) is 64.2 Å². The lowest BCUT2D eigenvalue weighted by Gasteiger charge is -2.41. The third kappa shape index (κ3) is 6.06. The van der Waals surface area contributed by atoms with Crippen LogP contribution in [0.2, 0.25) is 5.02 Å². The first-order valence-corrected chi connectivity index (χ1v) is 15.6. The Morgan fingerprint density at radius 1 is 1.26 bits per heavy atom. The van der Waals surface area contributed by atoms with Crippen LogP contribution in [0.1, 0.15) is 48.8 Å². The predicted molar refractivity (Wildman–Crippen MR) is 148 cm³/mol. The molecule has 3 saturated heterocycles. The Balaban J connectivity index is 1.34. The molecule has 4 atom stereocenters. The van der Waals surface area contributed by atoms with E-state index in [2.05, 4.69) is 10.3 Å². The van der Waals surface area contributed by atoms with Gasteiger partial charge in [-0.3, -0.25) is 9.78 Å². The van der Waals surface area contributed by atoms with Crippen molar-refractivity contribution in [3.8, 4) is 0 Å². The standard InChI is InChI=1S/C28H36ClFN4O4S/c29-21-5-3-20(4-6-21)28(9-11-38-12-10-28)27(31)26(35)14-19-15-32-17-25(30)24(19)8-7-23-16-33-22-2-1-13-39(36,37)34(23)18-22/h3-6,15,17,22-23,27,33H,1-2,7-14,16,18,31H2/t22-,23+,27-/m1/s1. The number of ketones is 1. The molecular formula is C28H36ClFN4O4S. The Morgan fingerprint density at radius 3 is 2.74 bits per heavy atom. The highest BCUT2D eigenvalue weighted by Gasteiger charge is 2.43. The molecule has 0 spiro atoms. The molecule has 5 rings (SSSR count). The van der Waals surface area contributed by atoms with Crippen molar-refractivity contribution in [1.82, 2.24) is 14.6 Å². The highest BCUT2D eigenvalue weighted by atomic mass is 35.5. The quantitative estimate of drug-likeness (QED) is 0.495. The molecule has 11 heteroatoms. The maximum absolute atomic E-state index is 15.1. The summed E-state index contributed by atoms with van der Waals surface area (Å²) >= 11 is 6.11. The molecule has 0 amide bonds. The number of benzene rings is 1. The molecule has 4 heterocycles. The lowest BCUT2D eigenvalue weighted by Crippen LogP contribution is -2.57. The second-order valence-electron chi connectivity index (χ2n) is 11.0. The molecular weight excluding hydrogens is 543 g/mol. The molecule has 2 bridgehead atoms. The molecule has 0 aliphatic carbocycles. The van der Waals surface area contributed by atoms with Gasteiger partial charge in [-0.1, -0.05) is 23.7 Å². The number of hydrogen-bond donors (Lipinski definition) is 2. The monoisotopic (exact) mass is 578 g/mol. The van der Waals surface area contributed by atoms with Gasteiger partial charge in [-0.05, 0) is 67.3 Å². The summed E-state index contributed by atoms with van der Waals surface area (Å²) in [7, 11) is -3.35. The normalized spacial score (nSPS) is 26.9. The molecule has 3 aliphatic rings. The predicted octanol–water partition coefficient (Wildman–Crippen LogP) is 2.76. The topological polar surface area (TPSA) is 115 Å². The molecule has 3 N–H and O–H groups in total. The fourth-order valence-corrected chi connectivity index (χ4v) is 8.33. The maximum Gasteiger partial charge on any atom is 0.214 e. The summed E-state index contributed by atoms with van der Waals surface area (Å²) in [5.41, 5.74) is 7.92. The van der Waals surface area contributed by atoms with E-state index in [1.165, 1.54) is 6.20 Å². The number of carbonyl (C=O) groups excluding carboxylic acids is 1. The number of sulfonamides is 1. The van der Waals surface area contributed by atoms with E-state index in [0.717, 1.165) is 18.2 Å². The van der Waals surface area contributed by atoms with Gasteiger partial charge in [0.1, 0.15) is 5.82 Å². The number of piperazine rings is 1. The van der Waals surface area contributed by atoms with Crippen molar-refractivity contribution in [2.45, 2.75) is 68.5 Å². The summed E-state index contributed by atoms with van der Waals surface area (Å²) in [6.07, 6.45) is 6.02. The summed E-state index contributed by atoms with van der Waals surface area (Å²) in [6, 6.07) is 6.49. The number of carbonyl (C=O) groups is 1. The van der Waals surface area contributed by atoms with E-state index in [1.54, 1.807) is 16.4 Å². The first-order valence-electron chi connectivity index (χ1n) is 13.7. The lowest BCUT2D eigenvalue weighted by atomic mass is 9.67. The molecule has 0 radical (unpaired) electrons. The van der Waals surface area contributed by atoms with Gasteiger partial charge < -0.3 is 15.8 Å². The van der Waals surface area contributed by atoms with Gasteiger partial charge in [-0.25, -0.2) is 12.8 Å². The molecule has 0 saturated carbocycles. The van der Waals surface area contributed by atoms with Gasteiger partial charge in [0.05, 0.1) is 18.0 Å². The number of hydrogen-bond acceptors (Lipinski definition) is 7. The molecule has 1 aromatic heterocycles. The fraction of sp³-hybridized carbons (Fsp3) is 0.571. The molecule has 3 aliphatic heterocycles. The van der Waals surface area contributed by atoms with E-state index >= 15 is 4.39 Å². The van der Waals surface area contributed by atoms with Gasteiger partial charge in [0.15, 0.2) is 5.78 Å². The first-order chi connectivity index (χ1) is 18.7. The van der Waals surface area contributed by atoms with Crippen LogP contribution in [0.15, 0.2) is 36.7 Å². The van der Waals surface area contributed by atoms with Crippen LogP contribution in [0.4, 0.5) is 4.39 Å². The Labute approximate surface area is 234 Å². The number of ether oxygens (including phenoxy) is 1. The van der Waals surface area contributed by atoms with Gasteiger partial charge in [-0.15, -0.1) is 0 Å². The summed E-state index contributed by atoms with van der Waals surface area (Å²) in [4.78, 5) is 17.7. The van der Waals surface area contributed by atoms with E-state index in [4.69, 9.17) is 22.1 Å².